The van der Waals surface area contributed by atoms with E-state index in [2.05, 4.69) is 9.97 Å². The lowest BCUT2D eigenvalue weighted by Crippen LogP contribution is -2.61. The summed E-state index contributed by atoms with van der Waals surface area (Å²) in [6, 6.07) is 3.24. The van der Waals surface area contributed by atoms with Gasteiger partial charge in [-0.1, -0.05) is 0 Å². The van der Waals surface area contributed by atoms with E-state index in [-0.39, 0.29) is 11.3 Å². The average Bonchev–Trinajstić information content (AvgIpc) is 3.15. The summed E-state index contributed by atoms with van der Waals surface area (Å²) in [5, 5.41) is 39.1. The van der Waals surface area contributed by atoms with Crippen molar-refractivity contribution in [1.29, 1.82) is 0 Å². The predicted octanol–water partition coefficient (Wildman–Crippen LogP) is -0.455. The molecule has 2 fully saturated rings. The molecular weight excluding hydrogens is 410 g/mol. The Bertz CT molecular complexity index is 1160. The molecule has 1 amide bonds. The molecule has 5 rings (SSSR count). The van der Waals surface area contributed by atoms with Gasteiger partial charge in [-0.05, 0) is 29.7 Å². The quantitative estimate of drug-likeness (QED) is 0.486. The van der Waals surface area contributed by atoms with Gasteiger partial charge in [0.25, 0.3) is 0 Å². The number of aromatic nitrogens is 2. The molecule has 1 aliphatic carbocycles. The van der Waals surface area contributed by atoms with Gasteiger partial charge in [0, 0.05) is 37.2 Å². The second-order valence-electron chi connectivity index (χ2n) is 7.58. The molecule has 164 valence electrons. The zero-order valence-electron chi connectivity index (χ0n) is 19.8. The highest BCUT2D eigenvalue weighted by Crippen LogP contribution is 2.47. The molecule has 3 aliphatic rings. The first kappa shape index (κ1) is 15.9. The zero-order chi connectivity index (χ0) is 25.4. The molecule has 0 saturated carbocycles. The molecule has 31 heavy (non-hydrogen) atoms. The number of piperidine rings is 1. The molecule has 0 spiro atoms. The van der Waals surface area contributed by atoms with Gasteiger partial charge in [0.15, 0.2) is 6.10 Å². The van der Waals surface area contributed by atoms with Gasteiger partial charge in [-0.15, -0.1) is 0 Å². The number of carboxylic acid groups (broad SMARTS) is 1. The summed E-state index contributed by atoms with van der Waals surface area (Å²) >= 11 is 0. The SMILES string of the molecule is [2H]C1([2H])C2CC(c3cc4nccnc4cc32)C([2H])([2H])N1C(=O)O[C@@H]1O[C@H](C(=O)O)[C@@H](O)[C@H](O)[C@H]1O. The highest BCUT2D eigenvalue weighted by Gasteiger charge is 2.49. The number of carbonyl (C=O) groups is 2. The number of ether oxygens (including phenoxy) is 2. The average molecular weight is 435 g/mol. The normalized spacial score (nSPS) is 39.6. The van der Waals surface area contributed by atoms with E-state index in [0.717, 1.165) is 0 Å². The van der Waals surface area contributed by atoms with Crippen LogP contribution in [0, 0.1) is 0 Å². The number of carbonyl (C=O) groups excluding carboxylic acids is 1. The second-order valence-corrected chi connectivity index (χ2v) is 7.58. The van der Waals surface area contributed by atoms with Crippen LogP contribution in [-0.4, -0.2) is 91.1 Å². The maximum atomic E-state index is 13.1. The molecule has 0 radical (unpaired) electrons. The molecule has 1 aromatic heterocycles. The molecule has 11 heteroatoms. The van der Waals surface area contributed by atoms with Crippen molar-refractivity contribution in [2.45, 2.75) is 49.0 Å². The van der Waals surface area contributed by atoms with Crippen molar-refractivity contribution in [2.24, 2.45) is 0 Å². The Morgan fingerprint density at radius 2 is 1.61 bits per heavy atom. The minimum atomic E-state index is -2.61. The summed E-state index contributed by atoms with van der Waals surface area (Å²) in [5.74, 6) is -3.58. The number of amides is 1. The van der Waals surface area contributed by atoms with Crippen LogP contribution in [-0.2, 0) is 14.3 Å². The minimum Gasteiger partial charge on any atom is -0.479 e. The summed E-state index contributed by atoms with van der Waals surface area (Å²) in [6.45, 7) is -5.22. The molecule has 3 heterocycles. The number of hydrogen-bond donors (Lipinski definition) is 4. The molecule has 2 bridgehead atoms. The predicted molar refractivity (Wildman–Crippen MR) is 102 cm³/mol. The number of benzene rings is 1. The number of carboxylic acids is 1. The van der Waals surface area contributed by atoms with E-state index in [1.54, 1.807) is 12.1 Å². The molecular formula is C20H21N3O8. The number of aliphatic carboxylic acids is 1. The van der Waals surface area contributed by atoms with Gasteiger partial charge in [0.2, 0.25) is 6.29 Å². The van der Waals surface area contributed by atoms with Gasteiger partial charge in [-0.25, -0.2) is 9.59 Å². The van der Waals surface area contributed by atoms with Gasteiger partial charge in [-0.3, -0.25) is 9.97 Å². The van der Waals surface area contributed by atoms with E-state index in [9.17, 15) is 30.0 Å². The Morgan fingerprint density at radius 3 is 2.16 bits per heavy atom. The molecule has 11 nitrogen and oxygen atoms in total. The van der Waals surface area contributed by atoms with E-state index in [1.165, 1.54) is 12.4 Å². The van der Waals surface area contributed by atoms with Gasteiger partial charge in [-0.2, -0.15) is 0 Å². The van der Waals surface area contributed by atoms with Crippen molar-refractivity contribution in [2.75, 3.05) is 13.0 Å². The van der Waals surface area contributed by atoms with Crippen molar-refractivity contribution in [3.63, 3.8) is 0 Å². The molecule has 2 aromatic rings. The minimum absolute atomic E-state index is 0.0595. The fourth-order valence-corrected chi connectivity index (χ4v) is 4.14. The molecule has 1 aromatic carbocycles. The van der Waals surface area contributed by atoms with Gasteiger partial charge in [0.05, 0.1) is 16.5 Å². The first-order chi connectivity index (χ1) is 16.4. The fourth-order valence-electron chi connectivity index (χ4n) is 4.14. The molecule has 2 saturated heterocycles. The number of rotatable bonds is 2. The van der Waals surface area contributed by atoms with Crippen LogP contribution < -0.4 is 0 Å². The Morgan fingerprint density at radius 1 is 1.03 bits per heavy atom. The topological polar surface area (TPSA) is 163 Å². The van der Waals surface area contributed by atoms with Crippen LogP contribution in [0.2, 0.25) is 0 Å². The van der Waals surface area contributed by atoms with E-state index in [0.29, 0.717) is 22.2 Å². The van der Waals surface area contributed by atoms with E-state index in [1.807, 2.05) is 0 Å². The molecule has 7 atom stereocenters. The van der Waals surface area contributed by atoms with E-state index < -0.39 is 67.6 Å². The van der Waals surface area contributed by atoms with Crippen LogP contribution in [0.25, 0.3) is 11.0 Å². The Hall–Kier alpha value is -2.86. The number of likely N-dealkylation sites (tertiary alicyclic amines) is 1. The number of aliphatic hydroxyl groups is 3. The van der Waals surface area contributed by atoms with Crippen LogP contribution in [0.4, 0.5) is 4.79 Å². The Balaban J connectivity index is 1.49. The molecule has 2 aliphatic heterocycles. The largest absolute Gasteiger partial charge is 0.479 e. The van der Waals surface area contributed by atoms with Crippen LogP contribution >= 0.6 is 0 Å². The number of hydrogen-bond acceptors (Lipinski definition) is 9. The van der Waals surface area contributed by atoms with Gasteiger partial charge >= 0.3 is 12.1 Å². The number of nitrogens with zero attached hydrogens (tertiary/aromatic N) is 3. The van der Waals surface area contributed by atoms with Crippen molar-refractivity contribution in [1.82, 2.24) is 14.9 Å². The standard InChI is InChI=1S/C20H21N3O8/c24-14-15(25)17(18(27)28)30-19(16(14)26)31-20(29)23-6-8-3-9(7-23)11-5-13-12(4-10(8)11)21-1-2-22-13/h1-2,4-5,8-9,14-17,19,24-26H,3,6-7H2,(H,27,28)/t8?,9?,14-,15-,16+,17-,19-/m0/s1/i6D2,7D2. The summed E-state index contributed by atoms with van der Waals surface area (Å²) in [5.41, 5.74) is 1.92. The molecule has 4 N–H and O–H groups in total. The molecule has 2 unspecified atom stereocenters. The van der Waals surface area contributed by atoms with Gasteiger partial charge in [0.1, 0.15) is 18.3 Å². The first-order valence-corrected chi connectivity index (χ1v) is 9.53. The lowest BCUT2D eigenvalue weighted by Gasteiger charge is -2.39. The number of fused-ring (bicyclic) bond motifs is 6. The van der Waals surface area contributed by atoms with E-state index >= 15 is 0 Å². The van der Waals surface area contributed by atoms with Crippen molar-refractivity contribution < 1.29 is 45.0 Å². The van der Waals surface area contributed by atoms with Crippen molar-refractivity contribution >= 4 is 23.1 Å². The summed E-state index contributed by atoms with van der Waals surface area (Å²) in [4.78, 5) is 33.1. The zero-order valence-corrected chi connectivity index (χ0v) is 15.8. The monoisotopic (exact) mass is 435 g/mol. The maximum Gasteiger partial charge on any atom is 0.412 e. The third-order valence-corrected chi connectivity index (χ3v) is 5.68. The van der Waals surface area contributed by atoms with Crippen molar-refractivity contribution in [3.8, 4) is 0 Å². The van der Waals surface area contributed by atoms with Crippen LogP contribution in [0.5, 0.6) is 0 Å². The first-order valence-electron chi connectivity index (χ1n) is 11.5. The van der Waals surface area contributed by atoms with Gasteiger partial charge < -0.3 is 34.8 Å². The lowest BCUT2D eigenvalue weighted by molar-refractivity contribution is -0.280. The summed E-state index contributed by atoms with van der Waals surface area (Å²) < 4.78 is 44.6. The Kier molecular flexibility index (Phi) is 3.78. The lowest BCUT2D eigenvalue weighted by atomic mass is 9.96. The van der Waals surface area contributed by atoms with Crippen LogP contribution in [0.15, 0.2) is 24.5 Å². The highest BCUT2D eigenvalue weighted by atomic mass is 16.7. The van der Waals surface area contributed by atoms with E-state index in [4.69, 9.17) is 15.0 Å². The van der Waals surface area contributed by atoms with Crippen LogP contribution in [0.1, 0.15) is 34.9 Å². The van der Waals surface area contributed by atoms with Crippen molar-refractivity contribution in [3.05, 3.63) is 35.7 Å². The Labute approximate surface area is 181 Å². The second kappa shape index (κ2) is 7.38. The maximum absolute atomic E-state index is 13.1. The third-order valence-electron chi connectivity index (χ3n) is 5.68. The summed E-state index contributed by atoms with van der Waals surface area (Å²) in [6.07, 6.45) is -8.86. The smallest absolute Gasteiger partial charge is 0.412 e. The fraction of sp³-hybridized carbons (Fsp3) is 0.500. The third kappa shape index (κ3) is 3.30. The van der Waals surface area contributed by atoms with Crippen LogP contribution in [0.3, 0.4) is 0 Å². The highest BCUT2D eigenvalue weighted by molar-refractivity contribution is 5.78. The summed E-state index contributed by atoms with van der Waals surface area (Å²) in [7, 11) is 0. The number of aliphatic hydroxyl groups excluding tert-OH is 3.